The van der Waals surface area contributed by atoms with Crippen LogP contribution in [-0.2, 0) is 9.59 Å². The molecule has 2 aliphatic heterocycles. The number of nitrogens with one attached hydrogen (secondary N) is 3. The Hall–Kier alpha value is -2.28. The molecular formula is C15H17ClN4O3. The molecule has 0 unspecified atom stereocenters. The number of piperazine rings is 1. The fraction of sp³-hybridized carbons (Fsp3) is 0.400. The smallest absolute Gasteiger partial charge is 0.319 e. The molecule has 1 aromatic rings. The first-order valence-corrected chi connectivity index (χ1v) is 7.76. The molecule has 0 saturated carbocycles. The van der Waals surface area contributed by atoms with Crippen LogP contribution in [0.2, 0.25) is 5.02 Å². The molecule has 2 saturated heterocycles. The number of anilines is 1. The topological polar surface area (TPSA) is 90.5 Å². The monoisotopic (exact) mass is 336 g/mol. The molecule has 3 atom stereocenters. The molecule has 23 heavy (non-hydrogen) atoms. The first-order valence-electron chi connectivity index (χ1n) is 7.38. The number of carbonyl (C=O) groups is 3. The lowest BCUT2D eigenvalue weighted by Crippen LogP contribution is -2.60. The molecule has 0 aliphatic carbocycles. The van der Waals surface area contributed by atoms with Crippen LogP contribution >= 0.6 is 11.6 Å². The van der Waals surface area contributed by atoms with Crippen molar-refractivity contribution in [2.24, 2.45) is 0 Å². The highest BCUT2D eigenvalue weighted by Gasteiger charge is 2.45. The van der Waals surface area contributed by atoms with E-state index in [1.807, 2.05) is 0 Å². The third kappa shape index (κ3) is 3.24. The van der Waals surface area contributed by atoms with Crippen molar-refractivity contribution in [3.8, 4) is 0 Å². The van der Waals surface area contributed by atoms with E-state index >= 15 is 0 Å². The maximum absolute atomic E-state index is 12.1. The quantitative estimate of drug-likeness (QED) is 0.751. The number of halogens is 1. The van der Waals surface area contributed by atoms with Gasteiger partial charge in [-0.05, 0) is 31.5 Å². The lowest BCUT2D eigenvalue weighted by molar-refractivity contribution is -0.146. The molecule has 7 nitrogen and oxygen atoms in total. The second kappa shape index (κ2) is 6.08. The number of nitrogens with zero attached hydrogens (tertiary/aromatic N) is 1. The number of rotatable bonds is 2. The van der Waals surface area contributed by atoms with Gasteiger partial charge in [-0.1, -0.05) is 17.7 Å². The third-order valence-corrected chi connectivity index (χ3v) is 4.27. The van der Waals surface area contributed by atoms with E-state index in [0.29, 0.717) is 23.7 Å². The van der Waals surface area contributed by atoms with E-state index < -0.39 is 18.1 Å². The van der Waals surface area contributed by atoms with Gasteiger partial charge in [-0.15, -0.1) is 0 Å². The van der Waals surface area contributed by atoms with Crippen LogP contribution in [0.5, 0.6) is 0 Å². The largest absolute Gasteiger partial charge is 0.343 e. The van der Waals surface area contributed by atoms with E-state index in [4.69, 9.17) is 11.6 Å². The summed E-state index contributed by atoms with van der Waals surface area (Å²) in [6.45, 7) is 1.99. The Labute approximate surface area is 138 Å². The van der Waals surface area contributed by atoms with E-state index in [-0.39, 0.29) is 17.9 Å². The van der Waals surface area contributed by atoms with Crippen molar-refractivity contribution < 1.29 is 14.4 Å². The van der Waals surface area contributed by atoms with Crippen LogP contribution in [0.25, 0.3) is 0 Å². The van der Waals surface area contributed by atoms with Gasteiger partial charge in [0.15, 0.2) is 0 Å². The lowest BCUT2D eigenvalue weighted by atomic mass is 10.1. The van der Waals surface area contributed by atoms with Gasteiger partial charge in [0.2, 0.25) is 11.8 Å². The number of amides is 4. The summed E-state index contributed by atoms with van der Waals surface area (Å²) in [5.74, 6) is -0.286. The van der Waals surface area contributed by atoms with Crippen molar-refractivity contribution in [3.63, 3.8) is 0 Å². The van der Waals surface area contributed by atoms with Crippen molar-refractivity contribution in [1.29, 1.82) is 0 Å². The molecule has 8 heteroatoms. The maximum Gasteiger partial charge on any atom is 0.319 e. The fourth-order valence-corrected chi connectivity index (χ4v) is 3.16. The maximum atomic E-state index is 12.1. The van der Waals surface area contributed by atoms with Crippen LogP contribution in [0.15, 0.2) is 24.3 Å². The zero-order valence-corrected chi connectivity index (χ0v) is 13.3. The van der Waals surface area contributed by atoms with E-state index in [1.165, 1.54) is 4.90 Å². The average Bonchev–Trinajstić information content (AvgIpc) is 2.89. The summed E-state index contributed by atoms with van der Waals surface area (Å²) in [6, 6.07) is 5.13. The fourth-order valence-electron chi connectivity index (χ4n) is 2.97. The van der Waals surface area contributed by atoms with Crippen molar-refractivity contribution in [3.05, 3.63) is 29.3 Å². The highest BCUT2D eigenvalue weighted by molar-refractivity contribution is 6.30. The summed E-state index contributed by atoms with van der Waals surface area (Å²) < 4.78 is 0. The van der Waals surface area contributed by atoms with Gasteiger partial charge in [-0.2, -0.15) is 0 Å². The number of urea groups is 1. The van der Waals surface area contributed by atoms with Crippen LogP contribution in [0, 0.1) is 0 Å². The van der Waals surface area contributed by atoms with Crippen LogP contribution in [-0.4, -0.2) is 47.4 Å². The molecule has 4 amide bonds. The molecule has 2 fully saturated rings. The minimum absolute atomic E-state index is 0.117. The predicted octanol–water partition coefficient (Wildman–Crippen LogP) is 0.949. The Balaban J connectivity index is 1.60. The van der Waals surface area contributed by atoms with Gasteiger partial charge in [-0.3, -0.25) is 9.59 Å². The molecular weight excluding hydrogens is 320 g/mol. The van der Waals surface area contributed by atoms with Gasteiger partial charge in [0.25, 0.3) is 0 Å². The van der Waals surface area contributed by atoms with E-state index in [2.05, 4.69) is 16.0 Å². The van der Waals surface area contributed by atoms with Gasteiger partial charge < -0.3 is 20.9 Å². The summed E-state index contributed by atoms with van der Waals surface area (Å²) >= 11 is 5.87. The highest BCUT2D eigenvalue weighted by Crippen LogP contribution is 2.23. The molecule has 3 N–H and O–H groups in total. The van der Waals surface area contributed by atoms with E-state index in [0.717, 1.165) is 0 Å². The molecule has 1 aromatic carbocycles. The highest BCUT2D eigenvalue weighted by atomic mass is 35.5. The van der Waals surface area contributed by atoms with Gasteiger partial charge in [-0.25, -0.2) is 4.79 Å². The van der Waals surface area contributed by atoms with E-state index in [9.17, 15) is 14.4 Å². The number of hydrogen-bond acceptors (Lipinski definition) is 3. The van der Waals surface area contributed by atoms with Gasteiger partial charge >= 0.3 is 6.03 Å². The number of fused-ring (bicyclic) bond motifs is 1. The SMILES string of the molecule is C[C@H]1NC(=O)[C@@H]2C[C@H](NC(=O)Nc3cccc(Cl)c3)CN2C1=O. The number of hydrogen-bond donors (Lipinski definition) is 3. The van der Waals surface area contributed by atoms with Crippen molar-refractivity contribution in [1.82, 2.24) is 15.5 Å². The van der Waals surface area contributed by atoms with Crippen molar-refractivity contribution >= 4 is 35.1 Å². The molecule has 0 bridgehead atoms. The normalized spacial score (nSPS) is 26.5. The molecule has 3 rings (SSSR count). The Bertz CT molecular complexity index is 666. The summed E-state index contributed by atoms with van der Waals surface area (Å²) in [4.78, 5) is 37.6. The minimum Gasteiger partial charge on any atom is -0.343 e. The summed E-state index contributed by atoms with van der Waals surface area (Å²) in [7, 11) is 0. The van der Waals surface area contributed by atoms with Crippen LogP contribution in [0.3, 0.4) is 0 Å². The second-order valence-electron chi connectivity index (χ2n) is 5.78. The third-order valence-electron chi connectivity index (χ3n) is 4.03. The Morgan fingerprint density at radius 3 is 2.91 bits per heavy atom. The van der Waals surface area contributed by atoms with Gasteiger partial charge in [0.1, 0.15) is 12.1 Å². The van der Waals surface area contributed by atoms with Crippen molar-refractivity contribution in [2.45, 2.75) is 31.5 Å². The lowest BCUT2D eigenvalue weighted by Gasteiger charge is -2.32. The summed E-state index contributed by atoms with van der Waals surface area (Å²) in [6.07, 6.45) is 0.410. The van der Waals surface area contributed by atoms with E-state index in [1.54, 1.807) is 31.2 Å². The molecule has 0 radical (unpaired) electrons. The van der Waals surface area contributed by atoms with Gasteiger partial charge in [0.05, 0.1) is 6.04 Å². The van der Waals surface area contributed by atoms with Crippen molar-refractivity contribution in [2.75, 3.05) is 11.9 Å². The zero-order valence-electron chi connectivity index (χ0n) is 12.5. The summed E-state index contributed by atoms with van der Waals surface area (Å²) in [5, 5.41) is 8.65. The average molecular weight is 337 g/mol. The van der Waals surface area contributed by atoms with Gasteiger partial charge in [0, 0.05) is 17.3 Å². The van der Waals surface area contributed by atoms with Crippen LogP contribution in [0.4, 0.5) is 10.5 Å². The molecule has 2 heterocycles. The molecule has 2 aliphatic rings. The zero-order chi connectivity index (χ0) is 16.6. The Kier molecular flexibility index (Phi) is 4.12. The Morgan fingerprint density at radius 1 is 1.39 bits per heavy atom. The van der Waals surface area contributed by atoms with Crippen LogP contribution in [0.1, 0.15) is 13.3 Å². The number of benzene rings is 1. The predicted molar refractivity (Wildman–Crippen MR) is 85.1 cm³/mol. The molecule has 0 spiro atoms. The molecule has 122 valence electrons. The minimum atomic E-state index is -0.516. The first-order chi connectivity index (χ1) is 10.9. The number of carbonyl (C=O) groups excluding carboxylic acids is 3. The first kappa shape index (κ1) is 15.6. The summed E-state index contributed by atoms with van der Waals surface area (Å²) in [5.41, 5.74) is 0.577. The van der Waals surface area contributed by atoms with Crippen LogP contribution < -0.4 is 16.0 Å². The second-order valence-corrected chi connectivity index (χ2v) is 6.21. The Morgan fingerprint density at radius 2 is 2.17 bits per heavy atom. The standard InChI is InChI=1S/C15H17ClN4O3/c1-8-14(22)20-7-11(6-12(20)13(21)17-8)19-15(23)18-10-4-2-3-9(16)5-10/h2-5,8,11-12H,6-7H2,1H3,(H,17,21)(H2,18,19,23)/t8-,11+,12+/m1/s1. The molecule has 0 aromatic heterocycles.